The summed E-state index contributed by atoms with van der Waals surface area (Å²) in [4.78, 5) is 2.42. The fourth-order valence-corrected chi connectivity index (χ4v) is 4.48. The molecule has 1 heterocycles. The van der Waals surface area contributed by atoms with Crippen molar-refractivity contribution in [2.45, 2.75) is 25.6 Å². The molecule has 2 aromatic carbocycles. The summed E-state index contributed by atoms with van der Waals surface area (Å²) in [6, 6.07) is 7.70. The Morgan fingerprint density at radius 1 is 0.886 bits per heavy atom. The topological polar surface area (TPSA) is 33.7 Å². The van der Waals surface area contributed by atoms with Crippen LogP contribution in [0.1, 0.15) is 30.4 Å². The minimum atomic E-state index is -4.81. The number of ether oxygens (including phenoxy) is 2. The van der Waals surface area contributed by atoms with E-state index in [-0.39, 0.29) is 5.02 Å². The lowest BCUT2D eigenvalue weighted by Crippen LogP contribution is -2.33. The van der Waals surface area contributed by atoms with Crippen LogP contribution in [0.25, 0.3) is 12.2 Å². The molecule has 0 unspecified atom stereocenters. The van der Waals surface area contributed by atoms with Gasteiger partial charge in [0.2, 0.25) is 0 Å². The number of likely N-dealkylation sites (tertiary alicyclic amines) is 1. The second kappa shape index (κ2) is 11.4. The number of fused-ring (bicyclic) bond motifs is 1. The molecule has 4 nitrogen and oxygen atoms in total. The number of hydrogen-bond donors (Lipinski definition) is 1. The van der Waals surface area contributed by atoms with Crippen molar-refractivity contribution in [2.24, 2.45) is 0 Å². The van der Waals surface area contributed by atoms with Crippen LogP contribution in [0.3, 0.4) is 0 Å². The molecular weight excluding hydrogens is 500 g/mol. The highest BCUT2D eigenvalue weighted by atomic mass is 35.5. The van der Waals surface area contributed by atoms with Crippen molar-refractivity contribution in [3.63, 3.8) is 0 Å². The number of allylic oxidation sites excluding steroid dienone is 3. The van der Waals surface area contributed by atoms with Crippen LogP contribution < -0.4 is 14.8 Å². The molecule has 0 bridgehead atoms. The summed E-state index contributed by atoms with van der Waals surface area (Å²) in [5.41, 5.74) is 2.92. The van der Waals surface area contributed by atoms with Crippen LogP contribution in [0, 0.1) is 0 Å². The molecule has 0 radical (unpaired) electrons. The first-order valence-corrected chi connectivity index (χ1v) is 12.1. The molecular formula is C26H25Cl2F3N2O2. The van der Waals surface area contributed by atoms with Crippen LogP contribution in [0.5, 0.6) is 11.5 Å². The molecule has 1 aliphatic carbocycles. The number of piperidine rings is 1. The third-order valence-electron chi connectivity index (χ3n) is 5.72. The van der Waals surface area contributed by atoms with Crippen LogP contribution in [0.2, 0.25) is 10.0 Å². The quantitative estimate of drug-likeness (QED) is 0.400. The number of halogens is 5. The smallest absolute Gasteiger partial charge is 0.492 e. The second-order valence-corrected chi connectivity index (χ2v) is 9.07. The van der Waals surface area contributed by atoms with Crippen molar-refractivity contribution in [2.75, 3.05) is 31.6 Å². The van der Waals surface area contributed by atoms with Gasteiger partial charge in [-0.2, -0.15) is 0 Å². The second-order valence-electron chi connectivity index (χ2n) is 8.26. The molecule has 9 heteroatoms. The maximum absolute atomic E-state index is 12.5. The van der Waals surface area contributed by atoms with E-state index in [1.165, 1.54) is 37.5 Å². The number of nitrogens with zero attached hydrogens (tertiary/aromatic N) is 1. The number of nitrogens with one attached hydrogen (secondary N) is 1. The van der Waals surface area contributed by atoms with Crippen LogP contribution in [-0.4, -0.2) is 37.5 Å². The van der Waals surface area contributed by atoms with E-state index < -0.39 is 12.1 Å². The van der Waals surface area contributed by atoms with Crippen molar-refractivity contribution >= 4 is 41.0 Å². The minimum absolute atomic E-state index is 0.153. The third kappa shape index (κ3) is 7.19. The first-order valence-electron chi connectivity index (χ1n) is 11.3. The summed E-state index contributed by atoms with van der Waals surface area (Å²) < 4.78 is 47.5. The van der Waals surface area contributed by atoms with E-state index in [4.69, 9.17) is 27.9 Å². The van der Waals surface area contributed by atoms with E-state index in [0.717, 1.165) is 36.5 Å². The average Bonchev–Trinajstić information content (AvgIpc) is 2.79. The van der Waals surface area contributed by atoms with Gasteiger partial charge in [0.1, 0.15) is 18.1 Å². The Labute approximate surface area is 212 Å². The van der Waals surface area contributed by atoms with Gasteiger partial charge in [0, 0.05) is 34.1 Å². The van der Waals surface area contributed by atoms with Gasteiger partial charge in [-0.15, -0.1) is 13.2 Å². The molecule has 1 aliphatic heterocycles. The molecule has 0 spiro atoms. The van der Waals surface area contributed by atoms with E-state index >= 15 is 0 Å². The number of anilines is 1. The highest BCUT2D eigenvalue weighted by molar-refractivity contribution is 6.32. The van der Waals surface area contributed by atoms with Gasteiger partial charge < -0.3 is 14.8 Å². The van der Waals surface area contributed by atoms with Crippen LogP contribution >= 0.6 is 23.2 Å². The molecule has 186 valence electrons. The fraction of sp³-hybridized carbons (Fsp3) is 0.308. The van der Waals surface area contributed by atoms with E-state index in [1.54, 1.807) is 0 Å². The molecule has 1 N–H and O–H groups in total. The first kappa shape index (κ1) is 25.5. The van der Waals surface area contributed by atoms with Crippen molar-refractivity contribution in [1.29, 1.82) is 0 Å². The zero-order valence-electron chi connectivity index (χ0n) is 18.9. The number of alkyl halides is 3. The number of rotatable bonds is 7. The standard InChI is InChI=1S/C26H25Cl2F3N2O2/c27-22-10-12-24(34-16-15-33-13-2-1-3-14-33)21-9-7-18(5-4-6-20(21)22)32-19-8-11-25(23(28)17-19)35-26(29,30)31/h4-12,17,32H,1-3,13-16H2/b5-4?,6-4+,9-7-,18-5-,18-7?,20-6?,21-9?. The third-order valence-corrected chi connectivity index (χ3v) is 6.35. The van der Waals surface area contributed by atoms with Crippen molar-refractivity contribution in [3.8, 4) is 11.5 Å². The minimum Gasteiger partial charge on any atom is -0.492 e. The van der Waals surface area contributed by atoms with Crippen molar-refractivity contribution < 1.29 is 22.6 Å². The van der Waals surface area contributed by atoms with Gasteiger partial charge in [-0.3, -0.25) is 4.90 Å². The van der Waals surface area contributed by atoms with Crippen LogP contribution in [0.15, 0.2) is 54.3 Å². The lowest BCUT2D eigenvalue weighted by Gasteiger charge is -2.26. The molecule has 2 aliphatic rings. The normalized spacial score (nSPS) is 19.5. The highest BCUT2D eigenvalue weighted by Crippen LogP contribution is 2.34. The molecule has 0 atom stereocenters. The molecule has 4 rings (SSSR count). The van der Waals surface area contributed by atoms with Gasteiger partial charge in [-0.25, -0.2) is 0 Å². The summed E-state index contributed by atoms with van der Waals surface area (Å²) in [5.74, 6) is 0.280. The average molecular weight is 525 g/mol. The molecule has 0 amide bonds. The van der Waals surface area contributed by atoms with E-state index in [1.807, 2.05) is 42.5 Å². The van der Waals surface area contributed by atoms with Gasteiger partial charge in [-0.05, 0) is 74.5 Å². The van der Waals surface area contributed by atoms with E-state index in [2.05, 4.69) is 15.0 Å². The Bertz CT molecular complexity index is 1140. The summed E-state index contributed by atoms with van der Waals surface area (Å²) in [6.07, 6.45) is 8.27. The van der Waals surface area contributed by atoms with Gasteiger partial charge in [0.25, 0.3) is 0 Å². The monoisotopic (exact) mass is 524 g/mol. The zero-order chi connectivity index (χ0) is 24.8. The summed E-state index contributed by atoms with van der Waals surface area (Å²) >= 11 is 12.4. The summed E-state index contributed by atoms with van der Waals surface area (Å²) in [7, 11) is 0. The highest BCUT2D eigenvalue weighted by Gasteiger charge is 2.32. The molecule has 0 saturated carbocycles. The molecule has 1 saturated heterocycles. The zero-order valence-corrected chi connectivity index (χ0v) is 20.4. The lowest BCUT2D eigenvalue weighted by molar-refractivity contribution is -0.274. The summed E-state index contributed by atoms with van der Waals surface area (Å²) in [5, 5.41) is 3.61. The fourth-order valence-electron chi connectivity index (χ4n) is 4.04. The van der Waals surface area contributed by atoms with E-state index in [9.17, 15) is 13.2 Å². The lowest BCUT2D eigenvalue weighted by atomic mass is 10.0. The predicted octanol–water partition coefficient (Wildman–Crippen LogP) is 7.79. The first-order chi connectivity index (χ1) is 16.8. The van der Waals surface area contributed by atoms with Crippen LogP contribution in [-0.2, 0) is 0 Å². The van der Waals surface area contributed by atoms with E-state index in [0.29, 0.717) is 23.0 Å². The number of hydrogen-bond acceptors (Lipinski definition) is 4. The van der Waals surface area contributed by atoms with Gasteiger partial charge in [0.05, 0.1) is 5.02 Å². The van der Waals surface area contributed by atoms with Crippen molar-refractivity contribution in [3.05, 3.63) is 75.4 Å². The predicted molar refractivity (Wildman–Crippen MR) is 135 cm³/mol. The molecule has 35 heavy (non-hydrogen) atoms. The van der Waals surface area contributed by atoms with Gasteiger partial charge in [0.15, 0.2) is 0 Å². The molecule has 0 aromatic heterocycles. The Morgan fingerprint density at radius 2 is 1.66 bits per heavy atom. The van der Waals surface area contributed by atoms with Gasteiger partial charge >= 0.3 is 6.36 Å². The molecule has 1 fully saturated rings. The maximum atomic E-state index is 12.5. The Morgan fingerprint density at radius 3 is 2.40 bits per heavy atom. The van der Waals surface area contributed by atoms with Crippen LogP contribution in [0.4, 0.5) is 18.9 Å². The maximum Gasteiger partial charge on any atom is 0.573 e. The number of benzene rings is 2. The van der Waals surface area contributed by atoms with Crippen molar-refractivity contribution in [1.82, 2.24) is 4.90 Å². The largest absolute Gasteiger partial charge is 0.573 e. The molecule has 2 aromatic rings. The Hall–Kier alpha value is -2.61. The summed E-state index contributed by atoms with van der Waals surface area (Å²) in [6.45, 7) is 3.67. The Balaban J connectivity index is 1.47. The SMILES string of the molecule is FC(F)(F)Oc1ccc(NC2=C\C=C\c3c(Cl)ccc(OCCN4CCCCC4)c3/C=C\2)cc1Cl. The Kier molecular flexibility index (Phi) is 8.31. The van der Waals surface area contributed by atoms with Gasteiger partial charge in [-0.1, -0.05) is 41.8 Å².